The van der Waals surface area contributed by atoms with Gasteiger partial charge in [-0.1, -0.05) is 51.4 Å². The summed E-state index contributed by atoms with van der Waals surface area (Å²) in [6, 6.07) is -0.596. The van der Waals surface area contributed by atoms with Crippen molar-refractivity contribution < 1.29 is 19.4 Å². The van der Waals surface area contributed by atoms with Crippen LogP contribution in [0.5, 0.6) is 0 Å². The Morgan fingerprint density at radius 1 is 1.24 bits per heavy atom. The highest BCUT2D eigenvalue weighted by atomic mass is 16.6. The van der Waals surface area contributed by atoms with Gasteiger partial charge < -0.3 is 9.84 Å². The first-order valence-corrected chi connectivity index (χ1v) is 8.29. The van der Waals surface area contributed by atoms with Crippen molar-refractivity contribution in [3.8, 4) is 0 Å². The fraction of sp³-hybridized carbons (Fsp3) is 0.875. The highest BCUT2D eigenvalue weighted by Crippen LogP contribution is 2.28. The van der Waals surface area contributed by atoms with Gasteiger partial charge in [0.2, 0.25) is 0 Å². The van der Waals surface area contributed by atoms with Gasteiger partial charge in [-0.3, -0.25) is 4.90 Å². The molecule has 1 saturated heterocycles. The Morgan fingerprint density at radius 2 is 1.95 bits per heavy atom. The number of carbonyl (C=O) groups is 2. The van der Waals surface area contributed by atoms with E-state index in [1.54, 1.807) is 6.92 Å². The van der Waals surface area contributed by atoms with Crippen LogP contribution < -0.4 is 0 Å². The molecule has 120 valence electrons. The van der Waals surface area contributed by atoms with Gasteiger partial charge in [0, 0.05) is 6.54 Å². The molecular weight excluding hydrogens is 270 g/mol. The van der Waals surface area contributed by atoms with Crippen LogP contribution in [0, 0.1) is 5.92 Å². The Kier molecular flexibility index (Phi) is 5.88. The van der Waals surface area contributed by atoms with Crippen LogP contribution in [0.15, 0.2) is 0 Å². The third kappa shape index (κ3) is 4.35. The van der Waals surface area contributed by atoms with E-state index < -0.39 is 18.1 Å². The fourth-order valence-electron chi connectivity index (χ4n) is 3.54. The summed E-state index contributed by atoms with van der Waals surface area (Å²) in [7, 11) is 0. The molecule has 1 amide bonds. The first kappa shape index (κ1) is 16.1. The summed E-state index contributed by atoms with van der Waals surface area (Å²) < 4.78 is 4.85. The smallest absolute Gasteiger partial charge is 0.408 e. The highest BCUT2D eigenvalue weighted by Gasteiger charge is 2.45. The molecule has 0 aromatic rings. The lowest BCUT2D eigenvalue weighted by molar-refractivity contribution is -0.183. The number of cyclic esters (lactones) is 1. The molecule has 0 spiro atoms. The zero-order chi connectivity index (χ0) is 15.2. The lowest BCUT2D eigenvalue weighted by Gasteiger charge is -2.39. The van der Waals surface area contributed by atoms with E-state index in [0.29, 0.717) is 6.54 Å². The average Bonchev–Trinajstić information content (AvgIpc) is 2.46. The molecular formula is C16H27NO4. The molecule has 1 heterocycles. The summed E-state index contributed by atoms with van der Waals surface area (Å²) in [4.78, 5) is 23.9. The second-order valence-electron chi connectivity index (χ2n) is 6.42. The molecule has 0 radical (unpaired) electrons. The van der Waals surface area contributed by atoms with Crippen molar-refractivity contribution >= 4 is 12.1 Å². The van der Waals surface area contributed by atoms with E-state index >= 15 is 0 Å². The van der Waals surface area contributed by atoms with Crippen LogP contribution >= 0.6 is 0 Å². The van der Waals surface area contributed by atoms with E-state index in [1.807, 2.05) is 0 Å². The molecule has 1 N–H and O–H groups in total. The number of esters is 1. The van der Waals surface area contributed by atoms with Gasteiger partial charge in [0.05, 0.1) is 0 Å². The van der Waals surface area contributed by atoms with Crippen LogP contribution in [0.1, 0.15) is 64.7 Å². The maximum absolute atomic E-state index is 11.4. The van der Waals surface area contributed by atoms with Crippen LogP contribution in [0.4, 0.5) is 4.79 Å². The lowest BCUT2D eigenvalue weighted by Crippen LogP contribution is -2.60. The number of ether oxygens (including phenoxy) is 1. The zero-order valence-corrected chi connectivity index (χ0v) is 12.9. The quantitative estimate of drug-likeness (QED) is 0.577. The predicted octanol–water partition coefficient (Wildman–Crippen LogP) is 3.42. The average molecular weight is 297 g/mol. The van der Waals surface area contributed by atoms with Gasteiger partial charge in [-0.15, -0.1) is 0 Å². The Hall–Kier alpha value is -1.26. The van der Waals surface area contributed by atoms with E-state index in [4.69, 9.17) is 4.74 Å². The number of unbranched alkanes of at least 4 members (excludes halogenated alkanes) is 2. The summed E-state index contributed by atoms with van der Waals surface area (Å²) in [6.45, 7) is 2.18. The molecule has 1 aliphatic heterocycles. The van der Waals surface area contributed by atoms with Crippen LogP contribution in [0.2, 0.25) is 0 Å². The molecule has 0 unspecified atom stereocenters. The van der Waals surface area contributed by atoms with E-state index in [-0.39, 0.29) is 6.10 Å². The van der Waals surface area contributed by atoms with Gasteiger partial charge in [0.15, 0.2) is 6.04 Å². The second-order valence-corrected chi connectivity index (χ2v) is 6.42. The minimum Gasteiger partial charge on any atom is -0.465 e. The predicted molar refractivity (Wildman–Crippen MR) is 79.1 cm³/mol. The summed E-state index contributed by atoms with van der Waals surface area (Å²) in [6.07, 6.45) is 9.85. The highest BCUT2D eigenvalue weighted by molar-refractivity contribution is 5.85. The van der Waals surface area contributed by atoms with Gasteiger partial charge in [0.25, 0.3) is 0 Å². The van der Waals surface area contributed by atoms with Crippen molar-refractivity contribution in [2.24, 2.45) is 5.92 Å². The molecule has 2 rings (SSSR count). The number of hydrogen-bond donors (Lipinski definition) is 1. The van der Waals surface area contributed by atoms with Gasteiger partial charge in [0.1, 0.15) is 6.10 Å². The van der Waals surface area contributed by atoms with Crippen LogP contribution in [-0.4, -0.2) is 40.8 Å². The Bertz CT molecular complexity index is 365. The number of hydrogen-bond acceptors (Lipinski definition) is 3. The molecule has 0 aromatic heterocycles. The number of nitrogens with zero attached hydrogens (tertiary/aromatic N) is 1. The van der Waals surface area contributed by atoms with E-state index in [1.165, 1.54) is 49.8 Å². The molecule has 5 heteroatoms. The standard InChI is InChI=1S/C16H27NO4/c1-12-14(15(18)21-12)17(16(19)20)11-7-3-6-10-13-8-4-2-5-9-13/h12-14H,2-11H2,1H3,(H,19,20)/t12-,14+/m0/s1. The first-order valence-electron chi connectivity index (χ1n) is 8.29. The number of amides is 1. The van der Waals surface area contributed by atoms with Gasteiger partial charge in [-0.05, 0) is 19.3 Å². The normalized spacial score (nSPS) is 26.0. The summed E-state index contributed by atoms with van der Waals surface area (Å²) >= 11 is 0. The van der Waals surface area contributed by atoms with Crippen LogP contribution in [0.3, 0.4) is 0 Å². The third-order valence-electron chi connectivity index (χ3n) is 4.81. The van der Waals surface area contributed by atoms with Gasteiger partial charge >= 0.3 is 12.1 Å². The van der Waals surface area contributed by atoms with Crippen molar-refractivity contribution in [3.05, 3.63) is 0 Å². The molecule has 5 nitrogen and oxygen atoms in total. The van der Waals surface area contributed by atoms with Crippen LogP contribution in [0.25, 0.3) is 0 Å². The summed E-state index contributed by atoms with van der Waals surface area (Å²) in [5, 5.41) is 9.22. The molecule has 2 aliphatic rings. The van der Waals surface area contributed by atoms with Crippen molar-refractivity contribution in [2.75, 3.05) is 6.54 Å². The summed E-state index contributed by atoms with van der Waals surface area (Å²) in [5.41, 5.74) is 0. The number of carboxylic acid groups (broad SMARTS) is 1. The van der Waals surface area contributed by atoms with Gasteiger partial charge in [-0.2, -0.15) is 0 Å². The van der Waals surface area contributed by atoms with E-state index in [2.05, 4.69) is 0 Å². The Labute approximate surface area is 126 Å². The Morgan fingerprint density at radius 3 is 2.52 bits per heavy atom. The van der Waals surface area contributed by atoms with Crippen molar-refractivity contribution in [2.45, 2.75) is 76.9 Å². The zero-order valence-electron chi connectivity index (χ0n) is 12.9. The number of carbonyl (C=O) groups excluding carboxylic acids is 1. The fourth-order valence-corrected chi connectivity index (χ4v) is 3.54. The first-order chi connectivity index (χ1) is 10.1. The summed E-state index contributed by atoms with van der Waals surface area (Å²) in [5.74, 6) is 0.475. The maximum atomic E-state index is 11.4. The largest absolute Gasteiger partial charge is 0.465 e. The lowest BCUT2D eigenvalue weighted by atomic mass is 9.85. The monoisotopic (exact) mass is 297 g/mol. The van der Waals surface area contributed by atoms with Gasteiger partial charge in [-0.25, -0.2) is 9.59 Å². The SMILES string of the molecule is C[C@@H]1OC(=O)[C@@H]1N(CCCCCC1CCCCC1)C(=O)O. The minimum absolute atomic E-state index is 0.309. The van der Waals surface area contributed by atoms with Crippen molar-refractivity contribution in [1.82, 2.24) is 4.90 Å². The molecule has 1 saturated carbocycles. The second kappa shape index (κ2) is 7.66. The van der Waals surface area contributed by atoms with E-state index in [0.717, 1.165) is 18.8 Å². The van der Waals surface area contributed by atoms with Crippen molar-refractivity contribution in [3.63, 3.8) is 0 Å². The maximum Gasteiger partial charge on any atom is 0.408 e. The van der Waals surface area contributed by atoms with Crippen LogP contribution in [-0.2, 0) is 9.53 Å². The molecule has 2 atom stereocenters. The molecule has 21 heavy (non-hydrogen) atoms. The van der Waals surface area contributed by atoms with Crippen molar-refractivity contribution in [1.29, 1.82) is 0 Å². The molecule has 2 fully saturated rings. The number of rotatable bonds is 7. The van der Waals surface area contributed by atoms with E-state index in [9.17, 15) is 14.7 Å². The Balaban J connectivity index is 1.63. The third-order valence-corrected chi connectivity index (χ3v) is 4.81. The molecule has 0 aromatic carbocycles. The topological polar surface area (TPSA) is 66.8 Å². The molecule has 1 aliphatic carbocycles. The minimum atomic E-state index is -1.02. The molecule has 0 bridgehead atoms.